The van der Waals surface area contributed by atoms with Gasteiger partial charge in [0, 0.05) is 73.9 Å². The second-order valence-corrected chi connectivity index (χ2v) is 13.3. The number of phenols is 1. The highest BCUT2D eigenvalue weighted by Gasteiger charge is 2.26. The average Bonchev–Trinajstić information content (AvgIpc) is 3.46. The summed E-state index contributed by atoms with van der Waals surface area (Å²) in [4.78, 5) is 23.4. The summed E-state index contributed by atoms with van der Waals surface area (Å²) >= 11 is 0. The normalized spacial score (nSPS) is 16.8. The Morgan fingerprint density at radius 1 is 0.878 bits per heavy atom. The van der Waals surface area contributed by atoms with Gasteiger partial charge in [0.2, 0.25) is 0 Å². The van der Waals surface area contributed by atoms with E-state index in [2.05, 4.69) is 33.2 Å². The Balaban J connectivity index is 1.20. The van der Waals surface area contributed by atoms with Crippen molar-refractivity contribution in [3.8, 4) is 16.9 Å². The van der Waals surface area contributed by atoms with E-state index in [0.717, 1.165) is 87.6 Å². The molecule has 7 nitrogen and oxygen atoms in total. The van der Waals surface area contributed by atoms with Gasteiger partial charge < -0.3 is 25.0 Å². The Morgan fingerprint density at radius 2 is 1.63 bits per heavy atom. The summed E-state index contributed by atoms with van der Waals surface area (Å²) in [5.74, 6) is -1.71. The Morgan fingerprint density at radius 3 is 2.37 bits per heavy atom. The quantitative estimate of drug-likeness (QED) is 0.236. The van der Waals surface area contributed by atoms with Crippen molar-refractivity contribution >= 4 is 17.4 Å². The van der Waals surface area contributed by atoms with E-state index >= 15 is 4.39 Å². The molecular formula is C39H39F3N4O3. The van der Waals surface area contributed by atoms with Crippen molar-refractivity contribution < 1.29 is 27.8 Å². The van der Waals surface area contributed by atoms with E-state index in [0.29, 0.717) is 39.6 Å². The van der Waals surface area contributed by atoms with Gasteiger partial charge in [-0.15, -0.1) is 0 Å². The van der Waals surface area contributed by atoms with E-state index < -0.39 is 17.5 Å². The summed E-state index contributed by atoms with van der Waals surface area (Å²) in [5.41, 5.74) is 5.87. The molecular weight excluding hydrogens is 629 g/mol. The van der Waals surface area contributed by atoms with Crippen LogP contribution in [-0.2, 0) is 24.1 Å². The maximum atomic E-state index is 15.2. The summed E-state index contributed by atoms with van der Waals surface area (Å²) < 4.78 is 49.1. The van der Waals surface area contributed by atoms with Crippen molar-refractivity contribution in [3.05, 3.63) is 118 Å². The number of carbonyl (C=O) groups excluding carboxylic acids is 1. The number of ether oxygens (including phenoxy) is 1. The summed E-state index contributed by atoms with van der Waals surface area (Å²) in [6.07, 6.45) is 2.76. The first kappa shape index (κ1) is 32.9. The fourth-order valence-electron chi connectivity index (χ4n) is 7.12. The molecule has 0 aromatic heterocycles. The Kier molecular flexibility index (Phi) is 9.42. The zero-order chi connectivity index (χ0) is 34.1. The van der Waals surface area contributed by atoms with Crippen LogP contribution < -0.4 is 10.2 Å². The smallest absolute Gasteiger partial charge is 0.257 e. The fourth-order valence-corrected chi connectivity index (χ4v) is 7.12. The first-order chi connectivity index (χ1) is 23.7. The van der Waals surface area contributed by atoms with Crippen LogP contribution in [0.1, 0.15) is 51.0 Å². The van der Waals surface area contributed by atoms with Crippen LogP contribution in [0.2, 0.25) is 0 Å². The zero-order valence-electron chi connectivity index (χ0n) is 27.4. The standard InChI is InChI=1S/C39H39F3N4O3/c1-45-8-10-46(11-9-45)31-2-4-33(26(18-31)14-24-6-12-49-13-7-24)39(48)44-38-36-19-27(15-25-16-29(40)21-30(41)17-25)35(20-28(36)23-43-38)34-5-3-32(47)22-37(34)42/h2-5,16-22,24,47H,6-15,23H2,1H3,(H,43,44,48). The number of halogens is 3. The van der Waals surface area contributed by atoms with Crippen LogP contribution in [0.25, 0.3) is 11.1 Å². The highest BCUT2D eigenvalue weighted by atomic mass is 19.1. The molecule has 3 aliphatic rings. The summed E-state index contributed by atoms with van der Waals surface area (Å²) in [5, 5.41) is 12.9. The molecule has 0 aliphatic carbocycles. The SMILES string of the molecule is CN1CCN(c2ccc(C(=O)NC3=NCc4cc(-c5ccc(O)cc5F)c(Cc5cc(F)cc(F)c5)cc43)c(CC3CCOCC3)c2)CC1. The van der Waals surface area contributed by atoms with Gasteiger partial charge in [-0.3, -0.25) is 9.79 Å². The molecule has 254 valence electrons. The largest absolute Gasteiger partial charge is 0.508 e. The van der Waals surface area contributed by atoms with Crippen molar-refractivity contribution in [2.75, 3.05) is 51.3 Å². The first-order valence-corrected chi connectivity index (χ1v) is 16.8. The predicted molar refractivity (Wildman–Crippen MR) is 184 cm³/mol. The Labute approximate surface area is 284 Å². The van der Waals surface area contributed by atoms with Gasteiger partial charge in [-0.2, -0.15) is 0 Å². The number of piperazine rings is 1. The van der Waals surface area contributed by atoms with Gasteiger partial charge in [-0.25, -0.2) is 13.2 Å². The average molecular weight is 669 g/mol. The summed E-state index contributed by atoms with van der Waals surface area (Å²) in [6.45, 7) is 5.52. The van der Waals surface area contributed by atoms with Gasteiger partial charge in [0.1, 0.15) is 29.0 Å². The van der Waals surface area contributed by atoms with E-state index in [-0.39, 0.29) is 30.2 Å². The maximum absolute atomic E-state index is 15.2. The number of amides is 1. The highest BCUT2D eigenvalue weighted by molar-refractivity contribution is 6.15. The molecule has 4 aromatic carbocycles. The van der Waals surface area contributed by atoms with Gasteiger partial charge >= 0.3 is 0 Å². The number of hydrogen-bond acceptors (Lipinski definition) is 6. The molecule has 3 aliphatic heterocycles. The van der Waals surface area contributed by atoms with Crippen LogP contribution in [0.3, 0.4) is 0 Å². The molecule has 2 N–H and O–H groups in total. The number of likely N-dealkylation sites (N-methyl/N-ethyl adjacent to an activating group) is 1. The second-order valence-electron chi connectivity index (χ2n) is 13.3. The monoisotopic (exact) mass is 668 g/mol. The number of benzene rings is 4. The van der Waals surface area contributed by atoms with Crippen molar-refractivity contribution in [2.24, 2.45) is 10.9 Å². The van der Waals surface area contributed by atoms with E-state index in [9.17, 15) is 18.7 Å². The number of anilines is 1. The number of aliphatic imine (C=N–C) groups is 1. The molecule has 0 unspecified atom stereocenters. The number of carbonyl (C=O) groups is 1. The second kappa shape index (κ2) is 14.1. The Hall–Kier alpha value is -4.67. The molecule has 0 spiro atoms. The first-order valence-electron chi connectivity index (χ1n) is 16.8. The number of aromatic hydroxyl groups is 1. The minimum atomic E-state index is -0.710. The molecule has 0 saturated carbocycles. The van der Waals surface area contributed by atoms with E-state index in [1.165, 1.54) is 24.3 Å². The number of nitrogens with zero attached hydrogens (tertiary/aromatic N) is 3. The lowest BCUT2D eigenvalue weighted by Gasteiger charge is -2.34. The van der Waals surface area contributed by atoms with Crippen LogP contribution in [0, 0.1) is 23.4 Å². The van der Waals surface area contributed by atoms with E-state index in [4.69, 9.17) is 4.74 Å². The minimum Gasteiger partial charge on any atom is -0.508 e. The van der Waals surface area contributed by atoms with Crippen molar-refractivity contribution in [1.82, 2.24) is 10.2 Å². The van der Waals surface area contributed by atoms with Gasteiger partial charge in [-0.1, -0.05) is 0 Å². The molecule has 0 bridgehead atoms. The maximum Gasteiger partial charge on any atom is 0.257 e. The third-order valence-electron chi connectivity index (χ3n) is 9.83. The van der Waals surface area contributed by atoms with Crippen LogP contribution in [0.4, 0.5) is 18.9 Å². The molecule has 7 rings (SSSR count). The molecule has 0 radical (unpaired) electrons. The lowest BCUT2D eigenvalue weighted by Crippen LogP contribution is -2.44. The Bertz CT molecular complexity index is 1900. The topological polar surface area (TPSA) is 77.4 Å². The van der Waals surface area contributed by atoms with E-state index in [1.54, 1.807) is 6.07 Å². The van der Waals surface area contributed by atoms with Crippen molar-refractivity contribution in [3.63, 3.8) is 0 Å². The molecule has 10 heteroatoms. The van der Waals surface area contributed by atoms with Gasteiger partial charge in [0.05, 0.1) is 6.54 Å². The number of phenolic OH excluding ortho intramolecular Hbond substituents is 1. The number of fused-ring (bicyclic) bond motifs is 1. The number of nitrogens with one attached hydrogen (secondary N) is 1. The number of hydrogen-bond donors (Lipinski definition) is 2. The number of rotatable bonds is 7. The van der Waals surface area contributed by atoms with Gasteiger partial charge in [0.25, 0.3) is 5.91 Å². The fraction of sp³-hybridized carbons (Fsp3) is 0.333. The lowest BCUT2D eigenvalue weighted by atomic mass is 9.89. The van der Waals surface area contributed by atoms with Crippen molar-refractivity contribution in [1.29, 1.82) is 0 Å². The molecule has 2 saturated heterocycles. The van der Waals surface area contributed by atoms with Crippen molar-refractivity contribution in [2.45, 2.75) is 32.2 Å². The summed E-state index contributed by atoms with van der Waals surface area (Å²) in [7, 11) is 2.13. The van der Waals surface area contributed by atoms with Crippen LogP contribution >= 0.6 is 0 Å². The van der Waals surface area contributed by atoms with Crippen LogP contribution in [0.15, 0.2) is 71.7 Å². The lowest BCUT2D eigenvalue weighted by molar-refractivity contribution is 0.0664. The summed E-state index contributed by atoms with van der Waals surface area (Å²) in [6, 6.07) is 16.9. The molecule has 3 heterocycles. The van der Waals surface area contributed by atoms with Crippen LogP contribution in [-0.4, -0.2) is 68.2 Å². The van der Waals surface area contributed by atoms with E-state index in [1.807, 2.05) is 18.2 Å². The molecule has 4 aromatic rings. The van der Waals surface area contributed by atoms with Gasteiger partial charge in [0.15, 0.2) is 0 Å². The molecule has 49 heavy (non-hydrogen) atoms. The minimum absolute atomic E-state index is 0.0990. The van der Waals surface area contributed by atoms with Crippen LogP contribution in [0.5, 0.6) is 5.75 Å². The third kappa shape index (κ3) is 7.35. The van der Waals surface area contributed by atoms with Gasteiger partial charge in [-0.05, 0) is 121 Å². The zero-order valence-corrected chi connectivity index (χ0v) is 27.4. The third-order valence-corrected chi connectivity index (χ3v) is 9.83. The number of amidine groups is 1. The molecule has 0 atom stereocenters. The predicted octanol–water partition coefficient (Wildman–Crippen LogP) is 6.48. The molecule has 2 fully saturated rings. The highest BCUT2D eigenvalue weighted by Crippen LogP contribution is 2.35. The molecule has 1 amide bonds.